The Bertz CT molecular complexity index is 122. The second-order valence-corrected chi connectivity index (χ2v) is 3.12. The van der Waals surface area contributed by atoms with E-state index in [1.807, 2.05) is 6.08 Å². The van der Waals surface area contributed by atoms with Crippen LogP contribution in [-0.2, 0) is 0 Å². The Labute approximate surface area is 50.0 Å². The van der Waals surface area contributed by atoms with Gasteiger partial charge >= 0.3 is 0 Å². The zero-order chi connectivity index (χ0) is 6.20. The Morgan fingerprint density at radius 1 is 1.62 bits per heavy atom. The lowest BCUT2D eigenvalue weighted by Crippen LogP contribution is -2.00. The molecule has 1 N–H and O–H groups in total. The monoisotopic (exact) mass is 112 g/mol. The van der Waals surface area contributed by atoms with E-state index in [0.29, 0.717) is 5.76 Å². The molecule has 0 unspecified atom stereocenters. The molecule has 1 heteroatoms. The highest BCUT2D eigenvalue weighted by Gasteiger charge is 2.21. The van der Waals surface area contributed by atoms with Crippen LogP contribution < -0.4 is 0 Å². The Hall–Kier alpha value is -0.460. The number of aliphatic hydroxyl groups is 1. The third kappa shape index (κ3) is 1.03. The first kappa shape index (κ1) is 5.67. The first-order valence-corrected chi connectivity index (χ1v) is 3.01. The van der Waals surface area contributed by atoms with E-state index in [1.165, 1.54) is 0 Å². The van der Waals surface area contributed by atoms with Gasteiger partial charge in [-0.15, -0.1) is 0 Å². The number of rotatable bonds is 0. The first-order chi connectivity index (χ1) is 3.60. The fourth-order valence-electron chi connectivity index (χ4n) is 1.05. The average Bonchev–Trinajstić information content (AvgIpc) is 1.82. The molecule has 0 aromatic heterocycles. The largest absolute Gasteiger partial charge is 0.513 e. The van der Waals surface area contributed by atoms with Crippen molar-refractivity contribution in [2.24, 2.45) is 5.41 Å². The molecule has 0 aromatic carbocycles. The molecule has 0 fully saturated rings. The van der Waals surface area contributed by atoms with Gasteiger partial charge in [0.15, 0.2) is 0 Å². The molecule has 0 bridgehead atoms. The Morgan fingerprint density at radius 2 is 2.25 bits per heavy atom. The van der Waals surface area contributed by atoms with Crippen LogP contribution in [0.3, 0.4) is 0 Å². The zero-order valence-corrected chi connectivity index (χ0v) is 5.44. The smallest absolute Gasteiger partial charge is 0.0888 e. The molecule has 1 aliphatic rings. The van der Waals surface area contributed by atoms with Crippen molar-refractivity contribution in [2.45, 2.75) is 26.7 Å². The predicted octanol–water partition coefficient (Wildman–Crippen LogP) is 2.25. The Kier molecular flexibility index (Phi) is 1.07. The summed E-state index contributed by atoms with van der Waals surface area (Å²) in [5.41, 5.74) is 0.254. The van der Waals surface area contributed by atoms with Crippen LogP contribution in [0.4, 0.5) is 0 Å². The van der Waals surface area contributed by atoms with E-state index in [0.717, 1.165) is 12.8 Å². The van der Waals surface area contributed by atoms with Gasteiger partial charge in [0, 0.05) is 6.42 Å². The third-order valence-corrected chi connectivity index (χ3v) is 1.58. The molecular weight excluding hydrogens is 100 g/mol. The second-order valence-electron chi connectivity index (χ2n) is 3.12. The molecule has 0 aromatic rings. The average molecular weight is 112 g/mol. The fourth-order valence-corrected chi connectivity index (χ4v) is 1.05. The van der Waals surface area contributed by atoms with Crippen molar-refractivity contribution in [1.29, 1.82) is 0 Å². The minimum atomic E-state index is 0.254. The maximum atomic E-state index is 8.93. The minimum absolute atomic E-state index is 0.254. The molecule has 1 aliphatic carbocycles. The second kappa shape index (κ2) is 1.51. The van der Waals surface area contributed by atoms with E-state index in [9.17, 15) is 0 Å². The van der Waals surface area contributed by atoms with Gasteiger partial charge in [-0.1, -0.05) is 13.8 Å². The van der Waals surface area contributed by atoms with Crippen molar-refractivity contribution >= 4 is 0 Å². The van der Waals surface area contributed by atoms with E-state index in [1.54, 1.807) is 0 Å². The summed E-state index contributed by atoms with van der Waals surface area (Å²) in [7, 11) is 0. The van der Waals surface area contributed by atoms with Gasteiger partial charge in [-0.05, 0) is 17.9 Å². The summed E-state index contributed by atoms with van der Waals surface area (Å²) in [6.45, 7) is 4.27. The van der Waals surface area contributed by atoms with Gasteiger partial charge in [-0.25, -0.2) is 0 Å². The molecule has 0 heterocycles. The standard InChI is InChI=1S/C7H12O/c1-7(2)4-3-6(8)5-7/h5,8H,3-4H2,1-2H3. The summed E-state index contributed by atoms with van der Waals surface area (Å²) < 4.78 is 0. The molecule has 0 saturated carbocycles. The van der Waals surface area contributed by atoms with E-state index in [-0.39, 0.29) is 5.41 Å². The van der Waals surface area contributed by atoms with Crippen LogP contribution in [0.2, 0.25) is 0 Å². The molecular formula is C7H12O. The van der Waals surface area contributed by atoms with E-state index in [4.69, 9.17) is 5.11 Å². The number of aliphatic hydroxyl groups excluding tert-OH is 1. The van der Waals surface area contributed by atoms with Crippen LogP contribution in [0.25, 0.3) is 0 Å². The summed E-state index contributed by atoms with van der Waals surface area (Å²) in [4.78, 5) is 0. The van der Waals surface area contributed by atoms with E-state index < -0.39 is 0 Å². The lowest BCUT2D eigenvalue weighted by molar-refractivity contribution is 0.394. The van der Waals surface area contributed by atoms with Crippen LogP contribution >= 0.6 is 0 Å². The summed E-state index contributed by atoms with van der Waals surface area (Å²) in [5, 5.41) is 8.93. The Balaban J connectivity index is 2.67. The molecule has 8 heavy (non-hydrogen) atoms. The maximum absolute atomic E-state index is 8.93. The molecule has 0 atom stereocenters. The highest BCUT2D eigenvalue weighted by molar-refractivity contribution is 5.07. The predicted molar refractivity (Wildman–Crippen MR) is 33.7 cm³/mol. The molecule has 0 aliphatic heterocycles. The van der Waals surface area contributed by atoms with Gasteiger partial charge < -0.3 is 5.11 Å². The molecule has 46 valence electrons. The van der Waals surface area contributed by atoms with E-state index >= 15 is 0 Å². The highest BCUT2D eigenvalue weighted by atomic mass is 16.3. The van der Waals surface area contributed by atoms with Crippen molar-refractivity contribution in [3.63, 3.8) is 0 Å². The van der Waals surface area contributed by atoms with Gasteiger partial charge in [0.25, 0.3) is 0 Å². The quantitative estimate of drug-likeness (QED) is 0.509. The molecule has 0 saturated heterocycles. The molecule has 0 amide bonds. The summed E-state index contributed by atoms with van der Waals surface area (Å²) in [5.74, 6) is 0.565. The van der Waals surface area contributed by atoms with E-state index in [2.05, 4.69) is 13.8 Å². The Morgan fingerprint density at radius 3 is 2.38 bits per heavy atom. The van der Waals surface area contributed by atoms with Crippen LogP contribution in [0.5, 0.6) is 0 Å². The van der Waals surface area contributed by atoms with Crippen molar-refractivity contribution in [1.82, 2.24) is 0 Å². The number of hydrogen-bond acceptors (Lipinski definition) is 1. The van der Waals surface area contributed by atoms with Crippen LogP contribution in [0, 0.1) is 5.41 Å². The lowest BCUT2D eigenvalue weighted by atomic mass is 9.94. The fraction of sp³-hybridized carbons (Fsp3) is 0.714. The summed E-state index contributed by atoms with van der Waals surface area (Å²) >= 11 is 0. The molecule has 0 radical (unpaired) electrons. The topological polar surface area (TPSA) is 20.2 Å². The summed E-state index contributed by atoms with van der Waals surface area (Å²) in [6, 6.07) is 0. The number of allylic oxidation sites excluding steroid dienone is 2. The normalized spacial score (nSPS) is 25.5. The first-order valence-electron chi connectivity index (χ1n) is 3.01. The van der Waals surface area contributed by atoms with Gasteiger partial charge in [-0.3, -0.25) is 0 Å². The van der Waals surface area contributed by atoms with Gasteiger partial charge in [0.05, 0.1) is 5.76 Å². The van der Waals surface area contributed by atoms with Gasteiger partial charge in [-0.2, -0.15) is 0 Å². The highest BCUT2D eigenvalue weighted by Crippen LogP contribution is 2.33. The van der Waals surface area contributed by atoms with Crippen molar-refractivity contribution in [2.75, 3.05) is 0 Å². The molecule has 0 spiro atoms. The molecule has 1 nitrogen and oxygen atoms in total. The summed E-state index contributed by atoms with van der Waals surface area (Å²) in [6.07, 6.45) is 3.90. The van der Waals surface area contributed by atoms with Crippen LogP contribution in [0.1, 0.15) is 26.7 Å². The zero-order valence-electron chi connectivity index (χ0n) is 5.44. The minimum Gasteiger partial charge on any atom is -0.513 e. The molecule has 1 rings (SSSR count). The lowest BCUT2D eigenvalue weighted by Gasteiger charge is -2.10. The van der Waals surface area contributed by atoms with Gasteiger partial charge in [0.1, 0.15) is 0 Å². The number of hydrogen-bond donors (Lipinski definition) is 1. The third-order valence-electron chi connectivity index (χ3n) is 1.58. The van der Waals surface area contributed by atoms with Crippen LogP contribution in [-0.4, -0.2) is 5.11 Å². The SMILES string of the molecule is CC1(C)C=C(O)CC1. The van der Waals surface area contributed by atoms with Crippen LogP contribution in [0.15, 0.2) is 11.8 Å². The van der Waals surface area contributed by atoms with Gasteiger partial charge in [0.2, 0.25) is 0 Å². The maximum Gasteiger partial charge on any atom is 0.0888 e. The van der Waals surface area contributed by atoms with Crippen molar-refractivity contribution in [3.05, 3.63) is 11.8 Å². The van der Waals surface area contributed by atoms with Crippen molar-refractivity contribution < 1.29 is 5.11 Å². The van der Waals surface area contributed by atoms with Crippen molar-refractivity contribution in [3.8, 4) is 0 Å².